The minimum Gasteiger partial charge on any atom is -0.351 e. The van der Waals surface area contributed by atoms with Gasteiger partial charge in [-0.25, -0.2) is 0 Å². The summed E-state index contributed by atoms with van der Waals surface area (Å²) in [6.45, 7) is 1.39. The molecule has 1 N–H and O–H groups in total. The minimum absolute atomic E-state index is 0.0236. The van der Waals surface area contributed by atoms with Crippen molar-refractivity contribution < 1.29 is 13.2 Å². The molecule has 0 aliphatic carbocycles. The number of aromatic nitrogens is 3. The molecule has 0 saturated carbocycles. The van der Waals surface area contributed by atoms with Crippen molar-refractivity contribution in [3.8, 4) is 0 Å². The van der Waals surface area contributed by atoms with E-state index < -0.39 is 18.6 Å². The van der Waals surface area contributed by atoms with E-state index in [0.717, 1.165) is 0 Å². The summed E-state index contributed by atoms with van der Waals surface area (Å²) in [5.74, 6) is 0.298. The standard InChI is InChI=1S/C9H13ClF3N5/c1-5(4-9(11,12)13)14-7-15-6(10)16-8(17-7)18(2)3/h5H,4H2,1-3H3,(H,14,15,16,17). The number of halogens is 4. The van der Waals surface area contributed by atoms with Gasteiger partial charge in [0.15, 0.2) is 0 Å². The number of rotatable bonds is 4. The van der Waals surface area contributed by atoms with Crippen molar-refractivity contribution in [3.63, 3.8) is 0 Å². The van der Waals surface area contributed by atoms with Crippen LogP contribution in [0.15, 0.2) is 0 Å². The fourth-order valence-electron chi connectivity index (χ4n) is 1.22. The summed E-state index contributed by atoms with van der Waals surface area (Å²) in [6.07, 6.45) is -5.22. The highest BCUT2D eigenvalue weighted by molar-refractivity contribution is 6.28. The van der Waals surface area contributed by atoms with Crippen molar-refractivity contribution in [2.75, 3.05) is 24.3 Å². The molecular weight excluding hydrogens is 271 g/mol. The second kappa shape index (κ2) is 5.55. The fourth-order valence-corrected chi connectivity index (χ4v) is 1.38. The van der Waals surface area contributed by atoms with Crippen LogP contribution in [0.2, 0.25) is 5.28 Å². The Hall–Kier alpha value is -1.31. The molecule has 1 rings (SSSR count). The van der Waals surface area contributed by atoms with Crippen LogP contribution in [-0.4, -0.2) is 41.3 Å². The first-order valence-corrected chi connectivity index (χ1v) is 5.47. The maximum Gasteiger partial charge on any atom is 0.391 e. The van der Waals surface area contributed by atoms with Crippen LogP contribution in [0.5, 0.6) is 0 Å². The second-order valence-corrected chi connectivity index (χ2v) is 4.33. The second-order valence-electron chi connectivity index (χ2n) is 3.99. The molecule has 1 aromatic rings. The zero-order valence-corrected chi connectivity index (χ0v) is 10.8. The zero-order valence-electron chi connectivity index (χ0n) is 10.1. The van der Waals surface area contributed by atoms with Crippen LogP contribution < -0.4 is 10.2 Å². The normalized spacial score (nSPS) is 13.3. The monoisotopic (exact) mass is 283 g/mol. The van der Waals surface area contributed by atoms with Crippen LogP contribution in [0.3, 0.4) is 0 Å². The van der Waals surface area contributed by atoms with Crippen molar-refractivity contribution >= 4 is 23.5 Å². The van der Waals surface area contributed by atoms with Gasteiger partial charge >= 0.3 is 6.18 Å². The van der Waals surface area contributed by atoms with E-state index in [1.807, 2.05) is 0 Å². The third-order valence-electron chi connectivity index (χ3n) is 1.91. The van der Waals surface area contributed by atoms with Gasteiger partial charge in [-0.15, -0.1) is 0 Å². The molecule has 9 heteroatoms. The molecule has 18 heavy (non-hydrogen) atoms. The smallest absolute Gasteiger partial charge is 0.351 e. The molecule has 0 aliphatic rings. The van der Waals surface area contributed by atoms with E-state index in [-0.39, 0.29) is 17.2 Å². The van der Waals surface area contributed by atoms with Crippen LogP contribution in [0.25, 0.3) is 0 Å². The highest BCUT2D eigenvalue weighted by Gasteiger charge is 2.30. The summed E-state index contributed by atoms with van der Waals surface area (Å²) in [7, 11) is 3.38. The van der Waals surface area contributed by atoms with Crippen molar-refractivity contribution in [1.82, 2.24) is 15.0 Å². The van der Waals surface area contributed by atoms with Crippen molar-refractivity contribution in [2.45, 2.75) is 25.6 Å². The number of hydrogen-bond donors (Lipinski definition) is 1. The summed E-state index contributed by atoms with van der Waals surface area (Å²) >= 11 is 5.66. The molecule has 0 aromatic carbocycles. The van der Waals surface area contributed by atoms with Gasteiger partial charge < -0.3 is 10.2 Å². The lowest BCUT2D eigenvalue weighted by atomic mass is 10.2. The Morgan fingerprint density at radius 3 is 2.39 bits per heavy atom. The molecule has 0 amide bonds. The Kier molecular flexibility index (Phi) is 4.55. The van der Waals surface area contributed by atoms with Crippen LogP contribution in [0, 0.1) is 0 Å². The van der Waals surface area contributed by atoms with Crippen LogP contribution in [0.1, 0.15) is 13.3 Å². The number of nitrogens with zero attached hydrogens (tertiary/aromatic N) is 4. The first kappa shape index (κ1) is 14.7. The zero-order chi connectivity index (χ0) is 13.9. The summed E-state index contributed by atoms with van der Waals surface area (Å²) in [4.78, 5) is 13.1. The van der Waals surface area contributed by atoms with Gasteiger partial charge in [-0.3, -0.25) is 0 Å². The predicted octanol–water partition coefficient (Wildman–Crippen LogP) is 2.34. The number of hydrogen-bond acceptors (Lipinski definition) is 5. The van der Waals surface area contributed by atoms with E-state index in [4.69, 9.17) is 11.6 Å². The Morgan fingerprint density at radius 1 is 1.28 bits per heavy atom. The maximum absolute atomic E-state index is 12.2. The first-order valence-electron chi connectivity index (χ1n) is 5.09. The Bertz CT molecular complexity index is 410. The van der Waals surface area contributed by atoms with Gasteiger partial charge in [-0.05, 0) is 18.5 Å². The lowest BCUT2D eigenvalue weighted by molar-refractivity contribution is -0.136. The molecule has 0 spiro atoms. The van der Waals surface area contributed by atoms with E-state index in [2.05, 4.69) is 20.3 Å². The Morgan fingerprint density at radius 2 is 1.89 bits per heavy atom. The van der Waals surface area contributed by atoms with E-state index >= 15 is 0 Å². The Balaban J connectivity index is 2.78. The molecule has 1 aromatic heterocycles. The third kappa shape index (κ3) is 4.91. The largest absolute Gasteiger partial charge is 0.391 e. The van der Waals surface area contributed by atoms with E-state index in [9.17, 15) is 13.2 Å². The van der Waals surface area contributed by atoms with Crippen LogP contribution >= 0.6 is 11.6 Å². The van der Waals surface area contributed by atoms with Gasteiger partial charge in [-0.1, -0.05) is 0 Å². The molecule has 1 atom stereocenters. The van der Waals surface area contributed by atoms with Gasteiger partial charge in [0.25, 0.3) is 0 Å². The van der Waals surface area contributed by atoms with Gasteiger partial charge in [0.1, 0.15) is 0 Å². The Labute approximate surface area is 107 Å². The van der Waals surface area contributed by atoms with Gasteiger partial charge in [0.2, 0.25) is 17.2 Å². The lowest BCUT2D eigenvalue weighted by Crippen LogP contribution is -2.25. The highest BCUT2D eigenvalue weighted by Crippen LogP contribution is 2.23. The summed E-state index contributed by atoms with van der Waals surface area (Å²) in [5.41, 5.74) is 0. The van der Waals surface area contributed by atoms with Crippen molar-refractivity contribution in [2.24, 2.45) is 0 Å². The fraction of sp³-hybridized carbons (Fsp3) is 0.667. The maximum atomic E-state index is 12.2. The average molecular weight is 284 g/mol. The van der Waals surface area contributed by atoms with Gasteiger partial charge in [0, 0.05) is 20.1 Å². The molecule has 5 nitrogen and oxygen atoms in total. The number of anilines is 2. The third-order valence-corrected chi connectivity index (χ3v) is 2.08. The van der Waals surface area contributed by atoms with Crippen LogP contribution in [-0.2, 0) is 0 Å². The van der Waals surface area contributed by atoms with Gasteiger partial charge in [-0.2, -0.15) is 28.1 Å². The van der Waals surface area contributed by atoms with Gasteiger partial charge in [0.05, 0.1) is 6.42 Å². The van der Waals surface area contributed by atoms with Crippen molar-refractivity contribution in [3.05, 3.63) is 5.28 Å². The molecule has 102 valence electrons. The topological polar surface area (TPSA) is 53.9 Å². The quantitative estimate of drug-likeness (QED) is 0.919. The van der Waals surface area contributed by atoms with Crippen LogP contribution in [0.4, 0.5) is 25.1 Å². The molecule has 0 aliphatic heterocycles. The first-order chi connectivity index (χ1) is 8.17. The molecule has 1 unspecified atom stereocenters. The highest BCUT2D eigenvalue weighted by atomic mass is 35.5. The molecular formula is C9H13ClF3N5. The van der Waals surface area contributed by atoms with E-state index in [1.54, 1.807) is 19.0 Å². The minimum atomic E-state index is -4.24. The molecule has 0 radical (unpaired) electrons. The molecule has 0 bridgehead atoms. The SMILES string of the molecule is CC(CC(F)(F)F)Nc1nc(Cl)nc(N(C)C)n1. The summed E-state index contributed by atoms with van der Waals surface area (Å²) in [6, 6.07) is -0.849. The predicted molar refractivity (Wildman–Crippen MR) is 62.9 cm³/mol. The number of nitrogens with one attached hydrogen (secondary N) is 1. The molecule has 0 saturated heterocycles. The number of alkyl halides is 3. The van der Waals surface area contributed by atoms with E-state index in [1.165, 1.54) is 6.92 Å². The summed E-state index contributed by atoms with van der Waals surface area (Å²) in [5, 5.41) is 2.47. The summed E-state index contributed by atoms with van der Waals surface area (Å²) < 4.78 is 36.5. The molecule has 1 heterocycles. The van der Waals surface area contributed by atoms with Crippen molar-refractivity contribution in [1.29, 1.82) is 0 Å². The van der Waals surface area contributed by atoms with E-state index in [0.29, 0.717) is 0 Å². The average Bonchev–Trinajstić information content (AvgIpc) is 2.12. The lowest BCUT2D eigenvalue weighted by Gasteiger charge is -2.17. The molecule has 0 fully saturated rings.